The first-order valence-corrected chi connectivity index (χ1v) is 6.13. The number of benzene rings is 1. The van der Waals surface area contributed by atoms with Crippen LogP contribution in [-0.4, -0.2) is 5.91 Å². The van der Waals surface area contributed by atoms with E-state index < -0.39 is 0 Å². The van der Waals surface area contributed by atoms with Crippen molar-refractivity contribution in [3.8, 4) is 0 Å². The molecule has 0 fully saturated rings. The van der Waals surface area contributed by atoms with Crippen molar-refractivity contribution in [2.24, 2.45) is 0 Å². The standard InChI is InChI=1S/C11H6BrCl2NO2/c12-7-5-6(13)1-2-8(7)15-11(16)9-3-4-10(14)17-9/h1-5H,(H,15,16). The van der Waals surface area contributed by atoms with E-state index in [0.717, 1.165) is 0 Å². The summed E-state index contributed by atoms with van der Waals surface area (Å²) in [6, 6.07) is 8.06. The second kappa shape index (κ2) is 5.12. The number of hydrogen-bond acceptors (Lipinski definition) is 2. The summed E-state index contributed by atoms with van der Waals surface area (Å²) >= 11 is 14.7. The molecule has 0 radical (unpaired) electrons. The predicted molar refractivity (Wildman–Crippen MR) is 70.8 cm³/mol. The second-order valence-electron chi connectivity index (χ2n) is 3.18. The number of anilines is 1. The van der Waals surface area contributed by atoms with Gasteiger partial charge in [0.25, 0.3) is 5.91 Å². The van der Waals surface area contributed by atoms with Crippen LogP contribution in [0.25, 0.3) is 0 Å². The van der Waals surface area contributed by atoms with Gasteiger partial charge >= 0.3 is 0 Å². The quantitative estimate of drug-likeness (QED) is 0.872. The molecule has 1 N–H and O–H groups in total. The highest BCUT2D eigenvalue weighted by Gasteiger charge is 2.12. The van der Waals surface area contributed by atoms with Crippen LogP contribution in [0.3, 0.4) is 0 Å². The summed E-state index contributed by atoms with van der Waals surface area (Å²) in [4.78, 5) is 11.7. The molecule has 0 unspecified atom stereocenters. The summed E-state index contributed by atoms with van der Waals surface area (Å²) < 4.78 is 5.68. The van der Waals surface area contributed by atoms with Gasteiger partial charge in [0.2, 0.25) is 0 Å². The van der Waals surface area contributed by atoms with E-state index in [0.29, 0.717) is 15.2 Å². The van der Waals surface area contributed by atoms with E-state index in [-0.39, 0.29) is 16.9 Å². The lowest BCUT2D eigenvalue weighted by atomic mass is 10.3. The van der Waals surface area contributed by atoms with E-state index in [4.69, 9.17) is 27.6 Å². The van der Waals surface area contributed by atoms with Crippen molar-refractivity contribution in [1.29, 1.82) is 0 Å². The van der Waals surface area contributed by atoms with Gasteiger partial charge in [-0.15, -0.1) is 0 Å². The van der Waals surface area contributed by atoms with Gasteiger partial charge in [-0.25, -0.2) is 0 Å². The van der Waals surface area contributed by atoms with Crippen molar-refractivity contribution in [2.75, 3.05) is 5.32 Å². The average molecular weight is 335 g/mol. The van der Waals surface area contributed by atoms with Gasteiger partial charge in [-0.05, 0) is 57.9 Å². The van der Waals surface area contributed by atoms with E-state index >= 15 is 0 Å². The number of amides is 1. The molecule has 3 nitrogen and oxygen atoms in total. The Kier molecular flexibility index (Phi) is 3.76. The Morgan fingerprint density at radius 2 is 2.00 bits per heavy atom. The molecule has 1 aromatic carbocycles. The van der Waals surface area contributed by atoms with Gasteiger partial charge in [0.05, 0.1) is 5.69 Å². The third kappa shape index (κ3) is 3.03. The topological polar surface area (TPSA) is 42.2 Å². The maximum absolute atomic E-state index is 11.7. The molecule has 0 saturated carbocycles. The Balaban J connectivity index is 2.18. The first kappa shape index (κ1) is 12.5. The van der Waals surface area contributed by atoms with Gasteiger partial charge in [-0.3, -0.25) is 4.79 Å². The van der Waals surface area contributed by atoms with Crippen LogP contribution in [0.5, 0.6) is 0 Å². The van der Waals surface area contributed by atoms with Crippen LogP contribution in [0.15, 0.2) is 39.2 Å². The van der Waals surface area contributed by atoms with Crippen LogP contribution in [0.4, 0.5) is 5.69 Å². The van der Waals surface area contributed by atoms with Gasteiger partial charge in [0, 0.05) is 9.50 Å². The van der Waals surface area contributed by atoms with E-state index in [1.54, 1.807) is 18.2 Å². The first-order chi connectivity index (χ1) is 8.06. The Hall–Kier alpha value is -0.970. The Morgan fingerprint density at radius 1 is 1.24 bits per heavy atom. The minimum absolute atomic E-state index is 0.150. The van der Waals surface area contributed by atoms with E-state index in [1.165, 1.54) is 12.1 Å². The van der Waals surface area contributed by atoms with Crippen LogP contribution in [-0.2, 0) is 0 Å². The van der Waals surface area contributed by atoms with Gasteiger partial charge < -0.3 is 9.73 Å². The minimum Gasteiger partial charge on any atom is -0.440 e. The summed E-state index contributed by atoms with van der Waals surface area (Å²) in [5.41, 5.74) is 0.604. The van der Waals surface area contributed by atoms with Gasteiger partial charge in [0.1, 0.15) is 0 Å². The van der Waals surface area contributed by atoms with Gasteiger partial charge in [-0.2, -0.15) is 0 Å². The molecule has 1 amide bonds. The molecule has 0 atom stereocenters. The largest absolute Gasteiger partial charge is 0.440 e. The maximum Gasteiger partial charge on any atom is 0.291 e. The van der Waals surface area contributed by atoms with Gasteiger partial charge in [-0.1, -0.05) is 11.6 Å². The lowest BCUT2D eigenvalue weighted by Crippen LogP contribution is -2.11. The Morgan fingerprint density at radius 3 is 2.59 bits per heavy atom. The number of halogens is 3. The number of rotatable bonds is 2. The first-order valence-electron chi connectivity index (χ1n) is 4.58. The molecular formula is C11H6BrCl2NO2. The fourth-order valence-corrected chi connectivity index (χ4v) is 2.14. The SMILES string of the molecule is O=C(Nc1ccc(Cl)cc1Br)c1ccc(Cl)o1. The highest BCUT2D eigenvalue weighted by atomic mass is 79.9. The summed E-state index contributed by atoms with van der Waals surface area (Å²) in [5, 5.41) is 3.42. The van der Waals surface area contributed by atoms with Crippen LogP contribution in [0.1, 0.15) is 10.6 Å². The molecule has 0 bridgehead atoms. The highest BCUT2D eigenvalue weighted by Crippen LogP contribution is 2.26. The smallest absolute Gasteiger partial charge is 0.291 e. The molecule has 0 aliphatic rings. The molecule has 1 aromatic heterocycles. The molecular weight excluding hydrogens is 329 g/mol. The van der Waals surface area contributed by atoms with Crippen LogP contribution >= 0.6 is 39.1 Å². The second-order valence-corrected chi connectivity index (χ2v) is 4.85. The number of nitrogens with one attached hydrogen (secondary N) is 1. The molecule has 0 aliphatic heterocycles. The molecule has 0 spiro atoms. The number of furan rings is 1. The zero-order chi connectivity index (χ0) is 12.4. The summed E-state index contributed by atoms with van der Waals surface area (Å²) in [6.45, 7) is 0. The van der Waals surface area contributed by atoms with Crippen molar-refractivity contribution < 1.29 is 9.21 Å². The molecule has 0 saturated heterocycles. The van der Waals surface area contributed by atoms with Crippen LogP contribution in [0, 0.1) is 0 Å². The van der Waals surface area contributed by atoms with Crippen LogP contribution < -0.4 is 5.32 Å². The normalized spacial score (nSPS) is 10.3. The highest BCUT2D eigenvalue weighted by molar-refractivity contribution is 9.10. The Labute approximate surface area is 116 Å². The predicted octanol–water partition coefficient (Wildman–Crippen LogP) is 4.60. The van der Waals surface area contributed by atoms with E-state index in [2.05, 4.69) is 21.2 Å². The number of carbonyl (C=O) groups excluding carboxylic acids is 1. The van der Waals surface area contributed by atoms with E-state index in [9.17, 15) is 4.79 Å². The van der Waals surface area contributed by atoms with Crippen LogP contribution in [0.2, 0.25) is 10.2 Å². The zero-order valence-electron chi connectivity index (χ0n) is 8.34. The zero-order valence-corrected chi connectivity index (χ0v) is 11.4. The molecule has 88 valence electrons. The molecule has 1 heterocycles. The lowest BCUT2D eigenvalue weighted by Gasteiger charge is -2.05. The van der Waals surface area contributed by atoms with Crippen molar-refractivity contribution in [3.63, 3.8) is 0 Å². The minimum atomic E-state index is -0.375. The molecule has 0 aliphatic carbocycles. The van der Waals surface area contributed by atoms with Gasteiger partial charge in [0.15, 0.2) is 11.0 Å². The molecule has 17 heavy (non-hydrogen) atoms. The van der Waals surface area contributed by atoms with Crippen molar-refractivity contribution in [1.82, 2.24) is 0 Å². The lowest BCUT2D eigenvalue weighted by molar-refractivity contribution is 0.0996. The third-order valence-electron chi connectivity index (χ3n) is 1.98. The van der Waals surface area contributed by atoms with Crippen molar-refractivity contribution >= 4 is 50.7 Å². The average Bonchev–Trinajstić information content (AvgIpc) is 2.69. The fourth-order valence-electron chi connectivity index (χ4n) is 1.21. The third-order valence-corrected chi connectivity index (χ3v) is 3.07. The Bertz CT molecular complexity index is 568. The summed E-state index contributed by atoms with van der Waals surface area (Å²) in [7, 11) is 0. The fraction of sp³-hybridized carbons (Fsp3) is 0. The van der Waals surface area contributed by atoms with Crippen molar-refractivity contribution in [2.45, 2.75) is 0 Å². The number of hydrogen-bond donors (Lipinski definition) is 1. The molecule has 6 heteroatoms. The van der Waals surface area contributed by atoms with E-state index in [1.807, 2.05) is 0 Å². The monoisotopic (exact) mass is 333 g/mol. The summed E-state index contributed by atoms with van der Waals surface area (Å²) in [5.74, 6) is -0.225. The summed E-state index contributed by atoms with van der Waals surface area (Å²) in [6.07, 6.45) is 0. The van der Waals surface area contributed by atoms with Crippen molar-refractivity contribution in [3.05, 3.63) is 50.8 Å². The maximum atomic E-state index is 11.7. The molecule has 2 aromatic rings. The molecule has 2 rings (SSSR count). The number of carbonyl (C=O) groups is 1.